The molecule has 2 rings (SSSR count). The van der Waals surface area contributed by atoms with E-state index in [-0.39, 0.29) is 5.78 Å². The molecule has 18 heavy (non-hydrogen) atoms. The van der Waals surface area contributed by atoms with E-state index >= 15 is 0 Å². The van der Waals surface area contributed by atoms with Crippen LogP contribution >= 0.6 is 11.6 Å². The highest BCUT2D eigenvalue weighted by Crippen LogP contribution is 2.19. The van der Waals surface area contributed by atoms with E-state index in [0.717, 1.165) is 0 Å². The van der Waals surface area contributed by atoms with Gasteiger partial charge >= 0.3 is 0 Å². The lowest BCUT2D eigenvalue weighted by atomic mass is 10.1. The molecule has 0 N–H and O–H groups in total. The van der Waals surface area contributed by atoms with Crippen molar-refractivity contribution in [3.05, 3.63) is 65.2 Å². The minimum Gasteiger partial charge on any atom is -0.483 e. The number of carbonyl (C=O) groups excluding carboxylic acids is 1. The molecule has 2 aromatic carbocycles. The van der Waals surface area contributed by atoms with Gasteiger partial charge in [0.05, 0.1) is 0 Å². The van der Waals surface area contributed by atoms with Crippen molar-refractivity contribution >= 4 is 17.4 Å². The number of halogens is 1. The van der Waals surface area contributed by atoms with E-state index in [4.69, 9.17) is 16.3 Å². The smallest absolute Gasteiger partial charge is 0.202 e. The number of hydrogen-bond acceptors (Lipinski definition) is 2. The van der Waals surface area contributed by atoms with Gasteiger partial charge in [-0.2, -0.15) is 0 Å². The van der Waals surface area contributed by atoms with Crippen LogP contribution in [-0.4, -0.2) is 11.9 Å². The van der Waals surface area contributed by atoms with Gasteiger partial charge in [-0.25, -0.2) is 0 Å². The molecular weight excluding hydrogens is 248 g/mol. The highest BCUT2D eigenvalue weighted by Gasteiger charge is 2.16. The number of ketones is 1. The lowest BCUT2D eigenvalue weighted by Gasteiger charge is -2.13. The maximum Gasteiger partial charge on any atom is 0.202 e. The van der Waals surface area contributed by atoms with Crippen LogP contribution in [0.15, 0.2) is 54.6 Å². The Morgan fingerprint density at radius 2 is 1.83 bits per heavy atom. The SMILES string of the molecule is CC(Oc1cccc(Cl)c1)C(=O)c1ccccc1. The lowest BCUT2D eigenvalue weighted by Crippen LogP contribution is -2.23. The van der Waals surface area contributed by atoms with Crippen LogP contribution in [0.5, 0.6) is 5.75 Å². The third kappa shape index (κ3) is 3.11. The number of ether oxygens (including phenoxy) is 1. The van der Waals surface area contributed by atoms with Crippen molar-refractivity contribution in [1.29, 1.82) is 0 Å². The van der Waals surface area contributed by atoms with Crippen molar-refractivity contribution in [2.45, 2.75) is 13.0 Å². The van der Waals surface area contributed by atoms with E-state index in [2.05, 4.69) is 0 Å². The lowest BCUT2D eigenvalue weighted by molar-refractivity contribution is 0.0818. The third-order valence-electron chi connectivity index (χ3n) is 2.54. The first kappa shape index (κ1) is 12.7. The molecule has 0 fully saturated rings. The summed E-state index contributed by atoms with van der Waals surface area (Å²) in [6.45, 7) is 1.73. The average molecular weight is 261 g/mol. The van der Waals surface area contributed by atoms with Gasteiger partial charge in [-0.1, -0.05) is 48.0 Å². The topological polar surface area (TPSA) is 26.3 Å². The molecule has 0 radical (unpaired) electrons. The minimum atomic E-state index is -0.536. The van der Waals surface area contributed by atoms with E-state index in [9.17, 15) is 4.79 Å². The first-order valence-electron chi connectivity index (χ1n) is 5.68. The van der Waals surface area contributed by atoms with Crippen LogP contribution in [-0.2, 0) is 0 Å². The predicted octanol–water partition coefficient (Wildman–Crippen LogP) is 3.99. The molecule has 0 aliphatic carbocycles. The van der Waals surface area contributed by atoms with Crippen LogP contribution in [0.1, 0.15) is 17.3 Å². The first-order chi connectivity index (χ1) is 8.66. The van der Waals surface area contributed by atoms with Gasteiger partial charge in [0.2, 0.25) is 5.78 Å². The summed E-state index contributed by atoms with van der Waals surface area (Å²) in [6, 6.07) is 16.1. The Kier molecular flexibility index (Phi) is 4.00. The van der Waals surface area contributed by atoms with E-state index in [1.807, 2.05) is 18.2 Å². The summed E-state index contributed by atoms with van der Waals surface area (Å²) in [5.74, 6) is 0.551. The van der Waals surface area contributed by atoms with E-state index < -0.39 is 6.10 Å². The molecule has 0 saturated heterocycles. The Hall–Kier alpha value is -1.80. The monoisotopic (exact) mass is 260 g/mol. The summed E-state index contributed by atoms with van der Waals surface area (Å²) in [7, 11) is 0. The molecule has 0 spiro atoms. The highest BCUT2D eigenvalue weighted by molar-refractivity contribution is 6.30. The zero-order chi connectivity index (χ0) is 13.0. The fourth-order valence-corrected chi connectivity index (χ4v) is 1.82. The van der Waals surface area contributed by atoms with Crippen molar-refractivity contribution in [1.82, 2.24) is 0 Å². The van der Waals surface area contributed by atoms with Gasteiger partial charge in [-0.3, -0.25) is 4.79 Å². The molecule has 1 unspecified atom stereocenters. The molecule has 1 atom stereocenters. The van der Waals surface area contributed by atoms with Crippen molar-refractivity contribution in [3.63, 3.8) is 0 Å². The van der Waals surface area contributed by atoms with Gasteiger partial charge in [0.25, 0.3) is 0 Å². The second-order valence-corrected chi connectivity index (χ2v) is 4.38. The molecule has 0 aliphatic rings. The van der Waals surface area contributed by atoms with Crippen molar-refractivity contribution in [3.8, 4) is 5.75 Å². The van der Waals surface area contributed by atoms with Crippen LogP contribution in [0.2, 0.25) is 5.02 Å². The standard InChI is InChI=1S/C15H13ClO2/c1-11(15(17)12-6-3-2-4-7-12)18-14-9-5-8-13(16)10-14/h2-11H,1H3. The predicted molar refractivity (Wildman–Crippen MR) is 72.3 cm³/mol. The van der Waals surface area contributed by atoms with E-state index in [1.165, 1.54) is 0 Å². The van der Waals surface area contributed by atoms with Gasteiger partial charge in [-0.05, 0) is 25.1 Å². The Morgan fingerprint density at radius 3 is 2.50 bits per heavy atom. The summed E-state index contributed by atoms with van der Waals surface area (Å²) in [5.41, 5.74) is 0.645. The molecule has 0 bridgehead atoms. The van der Waals surface area contributed by atoms with Crippen LogP contribution in [0.4, 0.5) is 0 Å². The van der Waals surface area contributed by atoms with Crippen molar-refractivity contribution < 1.29 is 9.53 Å². The normalized spacial score (nSPS) is 11.9. The minimum absolute atomic E-state index is 0.0458. The molecule has 3 heteroatoms. The Bertz CT molecular complexity index is 537. The Balaban J connectivity index is 2.09. The summed E-state index contributed by atoms with van der Waals surface area (Å²) in [6.07, 6.45) is -0.536. The largest absolute Gasteiger partial charge is 0.483 e. The first-order valence-corrected chi connectivity index (χ1v) is 6.06. The van der Waals surface area contributed by atoms with Gasteiger partial charge < -0.3 is 4.74 Å². The summed E-state index contributed by atoms with van der Waals surface area (Å²) in [4.78, 5) is 12.1. The van der Waals surface area contributed by atoms with Crippen LogP contribution in [0.25, 0.3) is 0 Å². The Morgan fingerprint density at radius 1 is 1.11 bits per heavy atom. The average Bonchev–Trinajstić information content (AvgIpc) is 2.39. The molecule has 0 heterocycles. The molecule has 2 aromatic rings. The number of benzene rings is 2. The fraction of sp³-hybridized carbons (Fsp3) is 0.133. The van der Waals surface area contributed by atoms with Gasteiger partial charge in [0.15, 0.2) is 6.10 Å². The van der Waals surface area contributed by atoms with Crippen molar-refractivity contribution in [2.75, 3.05) is 0 Å². The third-order valence-corrected chi connectivity index (χ3v) is 2.77. The van der Waals surface area contributed by atoms with Crippen LogP contribution in [0, 0.1) is 0 Å². The van der Waals surface area contributed by atoms with E-state index in [0.29, 0.717) is 16.3 Å². The number of carbonyl (C=O) groups is 1. The summed E-state index contributed by atoms with van der Waals surface area (Å²) in [5, 5.41) is 0.590. The second-order valence-electron chi connectivity index (χ2n) is 3.95. The van der Waals surface area contributed by atoms with E-state index in [1.54, 1.807) is 43.3 Å². The molecule has 2 nitrogen and oxygen atoms in total. The van der Waals surface area contributed by atoms with Crippen LogP contribution < -0.4 is 4.74 Å². The molecule has 92 valence electrons. The second kappa shape index (κ2) is 5.69. The Labute approximate surface area is 111 Å². The highest BCUT2D eigenvalue weighted by atomic mass is 35.5. The molecule has 0 aromatic heterocycles. The molecule has 0 aliphatic heterocycles. The van der Waals surface area contributed by atoms with Gasteiger partial charge in [0.1, 0.15) is 5.75 Å². The number of hydrogen-bond donors (Lipinski definition) is 0. The van der Waals surface area contributed by atoms with Gasteiger partial charge in [0, 0.05) is 10.6 Å². The molecule has 0 saturated carbocycles. The quantitative estimate of drug-likeness (QED) is 0.777. The summed E-state index contributed by atoms with van der Waals surface area (Å²) < 4.78 is 5.58. The van der Waals surface area contributed by atoms with Crippen LogP contribution in [0.3, 0.4) is 0 Å². The van der Waals surface area contributed by atoms with Crippen molar-refractivity contribution in [2.24, 2.45) is 0 Å². The summed E-state index contributed by atoms with van der Waals surface area (Å²) >= 11 is 5.86. The zero-order valence-electron chi connectivity index (χ0n) is 9.97. The maximum atomic E-state index is 12.1. The molecule has 0 amide bonds. The number of Topliss-reactive ketones (excluding diaryl/α,β-unsaturated/α-hetero) is 1. The molecular formula is C15H13ClO2. The fourth-order valence-electron chi connectivity index (χ4n) is 1.64. The maximum absolute atomic E-state index is 12.1. The zero-order valence-corrected chi connectivity index (χ0v) is 10.7. The van der Waals surface area contributed by atoms with Gasteiger partial charge in [-0.15, -0.1) is 0 Å². The number of rotatable bonds is 4.